The molecule has 0 amide bonds. The molecule has 52 heavy (non-hydrogen) atoms. The summed E-state index contributed by atoms with van der Waals surface area (Å²) in [5, 5.41) is 4.67. The second-order valence-corrected chi connectivity index (χ2v) is 13.6. The average Bonchev–Trinajstić information content (AvgIpc) is 3.84. The molecule has 0 radical (unpaired) electrons. The molecule has 6 aromatic carbocycles. The normalized spacial score (nSPS) is 13.2. The van der Waals surface area contributed by atoms with Gasteiger partial charge in [0.1, 0.15) is 17.3 Å². The highest BCUT2D eigenvalue weighted by Crippen LogP contribution is 2.39. The minimum Gasteiger partial charge on any atom is -0.457 e. The predicted molar refractivity (Wildman–Crippen MR) is 214 cm³/mol. The Morgan fingerprint density at radius 2 is 1.27 bits per heavy atom. The second-order valence-electron chi connectivity index (χ2n) is 13.6. The molecule has 0 aliphatic carbocycles. The highest BCUT2D eigenvalue weighted by Gasteiger charge is 2.22. The minimum atomic E-state index is 0.763. The highest BCUT2D eigenvalue weighted by molar-refractivity contribution is 6.12. The van der Waals surface area contributed by atoms with Crippen LogP contribution in [-0.2, 0) is 7.05 Å². The first-order chi connectivity index (χ1) is 25.6. The van der Waals surface area contributed by atoms with Crippen LogP contribution in [0.4, 0.5) is 5.69 Å². The summed E-state index contributed by atoms with van der Waals surface area (Å²) in [6, 6.07) is 53.3. The lowest BCUT2D eigenvalue weighted by Crippen LogP contribution is -2.23. The smallest absolute Gasteiger partial charge is 0.139 e. The second kappa shape index (κ2) is 11.9. The molecule has 0 N–H and O–H groups in total. The number of aromatic nitrogens is 3. The summed E-state index contributed by atoms with van der Waals surface area (Å²) < 4.78 is 11.2. The molecule has 6 heteroatoms. The van der Waals surface area contributed by atoms with Crippen molar-refractivity contribution in [2.24, 2.45) is 7.05 Å². The fraction of sp³-hybridized carbons (Fsp3) is 0.0652. The topological polar surface area (TPSA) is 38.5 Å². The summed E-state index contributed by atoms with van der Waals surface area (Å²) in [5.74, 6) is 2.41. The van der Waals surface area contributed by atoms with Crippen LogP contribution >= 0.6 is 0 Å². The van der Waals surface area contributed by atoms with Crippen LogP contribution in [-0.4, -0.2) is 32.7 Å². The van der Waals surface area contributed by atoms with Gasteiger partial charge >= 0.3 is 0 Å². The van der Waals surface area contributed by atoms with Gasteiger partial charge in [-0.1, -0.05) is 91.0 Å². The van der Waals surface area contributed by atoms with Gasteiger partial charge in [0.25, 0.3) is 0 Å². The molecule has 0 atom stereocenters. The number of para-hydroxylation sites is 1. The number of ether oxygens (including phenoxy) is 1. The molecule has 0 fully saturated rings. The highest BCUT2D eigenvalue weighted by atomic mass is 16.5. The van der Waals surface area contributed by atoms with E-state index in [1.807, 2.05) is 12.3 Å². The Labute approximate surface area is 301 Å². The summed E-state index contributed by atoms with van der Waals surface area (Å²) in [6.45, 7) is 0.763. The molecule has 4 heterocycles. The summed E-state index contributed by atoms with van der Waals surface area (Å²) in [6.07, 6.45) is 4.21. The Morgan fingerprint density at radius 3 is 2.12 bits per heavy atom. The van der Waals surface area contributed by atoms with E-state index in [0.29, 0.717) is 0 Å². The molecule has 3 aromatic heterocycles. The first kappa shape index (κ1) is 30.1. The molecular formula is C46H35N5O. The van der Waals surface area contributed by atoms with E-state index in [9.17, 15) is 0 Å². The number of hydrogen-bond donors (Lipinski definition) is 0. The number of aryl methyl sites for hydroxylation is 1. The fourth-order valence-corrected chi connectivity index (χ4v) is 7.82. The zero-order valence-electron chi connectivity index (χ0n) is 28.9. The lowest BCUT2D eigenvalue weighted by molar-refractivity contribution is 0.481. The van der Waals surface area contributed by atoms with Gasteiger partial charge in [-0.05, 0) is 59.2 Å². The number of fused-ring (bicyclic) bond motifs is 6. The molecule has 10 rings (SSSR count). The van der Waals surface area contributed by atoms with Crippen LogP contribution in [0.3, 0.4) is 0 Å². The molecule has 0 unspecified atom stereocenters. The van der Waals surface area contributed by atoms with E-state index in [1.54, 1.807) is 0 Å². The van der Waals surface area contributed by atoms with Gasteiger partial charge in [0.05, 0.1) is 28.9 Å². The molecule has 0 saturated heterocycles. The maximum atomic E-state index is 6.67. The monoisotopic (exact) mass is 673 g/mol. The van der Waals surface area contributed by atoms with Crippen molar-refractivity contribution in [2.45, 2.75) is 0 Å². The summed E-state index contributed by atoms with van der Waals surface area (Å²) in [4.78, 5) is 9.62. The Hall–Kier alpha value is -6.79. The molecular weight excluding hydrogens is 639 g/mol. The van der Waals surface area contributed by atoms with Crippen LogP contribution in [0.25, 0.3) is 66.3 Å². The van der Waals surface area contributed by atoms with Gasteiger partial charge in [-0.25, -0.2) is 4.98 Å². The van der Waals surface area contributed by atoms with Crippen molar-refractivity contribution in [2.75, 3.05) is 18.6 Å². The summed E-state index contributed by atoms with van der Waals surface area (Å²) in [5.41, 5.74) is 10.3. The molecule has 250 valence electrons. The van der Waals surface area contributed by atoms with Crippen LogP contribution in [0.5, 0.6) is 11.5 Å². The van der Waals surface area contributed by atoms with E-state index in [0.717, 1.165) is 62.7 Å². The van der Waals surface area contributed by atoms with Crippen molar-refractivity contribution in [3.8, 4) is 28.4 Å². The first-order valence-electron chi connectivity index (χ1n) is 17.6. The third-order valence-corrected chi connectivity index (χ3v) is 10.3. The maximum Gasteiger partial charge on any atom is 0.139 e. The molecule has 1 aliphatic heterocycles. The zero-order chi connectivity index (χ0) is 34.8. The lowest BCUT2D eigenvalue weighted by Gasteiger charge is -2.23. The van der Waals surface area contributed by atoms with E-state index >= 15 is 0 Å². The molecule has 0 saturated carbocycles. The molecule has 9 aromatic rings. The van der Waals surface area contributed by atoms with Gasteiger partial charge in [-0.15, -0.1) is 0 Å². The third kappa shape index (κ3) is 4.91. The standard InChI is InChI=1S/C46H35N5O/c1-48-29-45(32-14-7-4-8-15-32)50(30-48)34-16-11-17-35(25-34)52-36-21-22-38-39-24-33(31-12-5-3-6-13-31)20-23-42(39)51(44(38)26-36)46-27-43-40(28-47-46)37-18-9-10-19-41(37)49(43)2/h3-29H,30H2,1-2H3. The average molecular weight is 674 g/mol. The van der Waals surface area contributed by atoms with E-state index in [1.165, 1.54) is 33.0 Å². The molecule has 1 aliphatic rings. The number of benzene rings is 6. The molecule has 0 spiro atoms. The van der Waals surface area contributed by atoms with Crippen molar-refractivity contribution >= 4 is 55.0 Å². The molecule has 6 nitrogen and oxygen atoms in total. The first-order valence-corrected chi connectivity index (χ1v) is 17.6. The van der Waals surface area contributed by atoms with Crippen molar-refractivity contribution < 1.29 is 4.74 Å². The predicted octanol–water partition coefficient (Wildman–Crippen LogP) is 11.0. The quantitative estimate of drug-likeness (QED) is 0.176. The van der Waals surface area contributed by atoms with E-state index in [-0.39, 0.29) is 0 Å². The van der Waals surface area contributed by atoms with Crippen molar-refractivity contribution in [3.05, 3.63) is 170 Å². The van der Waals surface area contributed by atoms with E-state index in [2.05, 4.69) is 185 Å². The number of rotatable bonds is 6. The van der Waals surface area contributed by atoms with Crippen LogP contribution in [0.15, 0.2) is 164 Å². The number of hydrogen-bond acceptors (Lipinski definition) is 4. The number of anilines is 1. The van der Waals surface area contributed by atoms with Crippen LogP contribution in [0.2, 0.25) is 0 Å². The van der Waals surface area contributed by atoms with Gasteiger partial charge in [0, 0.05) is 77.4 Å². The van der Waals surface area contributed by atoms with Gasteiger partial charge in [0.2, 0.25) is 0 Å². The van der Waals surface area contributed by atoms with Crippen LogP contribution < -0.4 is 9.64 Å². The third-order valence-electron chi connectivity index (χ3n) is 10.3. The van der Waals surface area contributed by atoms with Gasteiger partial charge in [-0.3, -0.25) is 4.57 Å². The van der Waals surface area contributed by atoms with Gasteiger partial charge in [-0.2, -0.15) is 0 Å². The van der Waals surface area contributed by atoms with Gasteiger partial charge < -0.3 is 19.1 Å². The lowest BCUT2D eigenvalue weighted by atomic mass is 10.0. The zero-order valence-corrected chi connectivity index (χ0v) is 28.9. The summed E-state index contributed by atoms with van der Waals surface area (Å²) >= 11 is 0. The van der Waals surface area contributed by atoms with Gasteiger partial charge in [0.15, 0.2) is 0 Å². The number of nitrogens with zero attached hydrogens (tertiary/aromatic N) is 5. The minimum absolute atomic E-state index is 0.763. The fourth-order valence-electron chi connectivity index (χ4n) is 7.82. The van der Waals surface area contributed by atoms with E-state index in [4.69, 9.17) is 9.72 Å². The molecule has 0 bridgehead atoms. The summed E-state index contributed by atoms with van der Waals surface area (Å²) in [7, 11) is 4.23. The Kier molecular flexibility index (Phi) is 6.89. The largest absolute Gasteiger partial charge is 0.457 e. The number of pyridine rings is 1. The van der Waals surface area contributed by atoms with Crippen molar-refractivity contribution in [3.63, 3.8) is 0 Å². The van der Waals surface area contributed by atoms with Crippen molar-refractivity contribution in [1.29, 1.82) is 0 Å². The Morgan fingerprint density at radius 1 is 0.519 bits per heavy atom. The Bertz CT molecular complexity index is 2830. The maximum absolute atomic E-state index is 6.67. The van der Waals surface area contributed by atoms with Crippen LogP contribution in [0.1, 0.15) is 5.56 Å². The Balaban J connectivity index is 1.09. The SMILES string of the molecule is CN1C=C(c2ccccc2)N(c2cccc(Oc3ccc4c5cc(-c6ccccc6)ccc5n(-c5cc6c(cn5)c5ccccc5n6C)c4c3)c2)C1. The van der Waals surface area contributed by atoms with Crippen molar-refractivity contribution in [1.82, 2.24) is 19.0 Å². The van der Waals surface area contributed by atoms with Crippen LogP contribution in [0, 0.1) is 0 Å². The van der Waals surface area contributed by atoms with E-state index < -0.39 is 0 Å².